The van der Waals surface area contributed by atoms with Gasteiger partial charge in [-0.15, -0.1) is 0 Å². The minimum absolute atomic E-state index is 0.0249. The molecule has 4 amide bonds. The van der Waals surface area contributed by atoms with Crippen LogP contribution in [0.5, 0.6) is 0 Å². The number of carbonyl (C=O) groups excluding carboxylic acids is 5. The number of nitrogens with one attached hydrogen (secondary N) is 3. The highest BCUT2D eigenvalue weighted by atomic mass is 35.5. The number of rotatable bonds is 12. The second kappa shape index (κ2) is 18.2. The molecule has 0 bridgehead atoms. The first-order valence-corrected chi connectivity index (χ1v) is 20.1. The van der Waals surface area contributed by atoms with Crippen molar-refractivity contribution >= 4 is 52.4 Å². The first-order chi connectivity index (χ1) is 25.3. The van der Waals surface area contributed by atoms with Gasteiger partial charge in [-0.2, -0.15) is 0 Å². The van der Waals surface area contributed by atoms with E-state index < -0.39 is 53.2 Å². The molecule has 4 rings (SSSR count). The van der Waals surface area contributed by atoms with Crippen LogP contribution in [-0.2, 0) is 30.3 Å². The lowest BCUT2D eigenvalue weighted by molar-refractivity contribution is -0.159. The van der Waals surface area contributed by atoms with E-state index in [1.54, 1.807) is 65.8 Å². The fraction of sp³-hybridized carbons (Fsp3) is 0.683. The van der Waals surface area contributed by atoms with Gasteiger partial charge >= 0.3 is 18.1 Å². The van der Waals surface area contributed by atoms with Crippen LogP contribution in [0.3, 0.4) is 0 Å². The molecular weight excluding hydrogens is 710 g/mol. The van der Waals surface area contributed by atoms with E-state index in [2.05, 4.69) is 16.0 Å². The molecule has 0 spiro atoms. The summed E-state index contributed by atoms with van der Waals surface area (Å²) in [5, 5.41) is 9.56. The van der Waals surface area contributed by atoms with E-state index in [1.165, 1.54) is 4.57 Å². The predicted octanol–water partition coefficient (Wildman–Crippen LogP) is 7.65. The SMILES string of the molecule is CCCC[C@@H](NC(=O)[C@@H](Cc1c(Cl)n(C(=O)OC(C)(C)C)c2ccccc12)NC(=O)[C@@H](NC(=O)N1[C@H](C)CCC[C@@H]1C)C1CCCC1)C(=O)OC(C)(C)C. The molecule has 12 nitrogen and oxygen atoms in total. The number of hydrogen-bond donors (Lipinski definition) is 3. The van der Waals surface area contributed by atoms with Gasteiger partial charge in [0.2, 0.25) is 11.8 Å². The van der Waals surface area contributed by atoms with Crippen LogP contribution in [0, 0.1) is 5.92 Å². The largest absolute Gasteiger partial charge is 0.458 e. The molecule has 3 N–H and O–H groups in total. The van der Waals surface area contributed by atoms with Gasteiger partial charge < -0.3 is 30.3 Å². The van der Waals surface area contributed by atoms with Gasteiger partial charge in [-0.05, 0) is 106 Å². The smallest absolute Gasteiger partial charge is 0.420 e. The third-order valence-corrected chi connectivity index (χ3v) is 10.6. The van der Waals surface area contributed by atoms with Gasteiger partial charge in [0.25, 0.3) is 0 Å². The zero-order valence-electron chi connectivity index (χ0n) is 33.7. The Bertz CT molecular complexity index is 1650. The van der Waals surface area contributed by atoms with Crippen molar-refractivity contribution in [3.05, 3.63) is 35.0 Å². The van der Waals surface area contributed by atoms with E-state index in [0.717, 1.165) is 51.4 Å². The van der Waals surface area contributed by atoms with Crippen molar-refractivity contribution in [1.29, 1.82) is 0 Å². The maximum Gasteiger partial charge on any atom is 0.420 e. The minimum atomic E-state index is -1.24. The van der Waals surface area contributed by atoms with Crippen molar-refractivity contribution in [2.24, 2.45) is 5.92 Å². The van der Waals surface area contributed by atoms with E-state index in [0.29, 0.717) is 29.3 Å². The summed E-state index contributed by atoms with van der Waals surface area (Å²) in [7, 11) is 0. The summed E-state index contributed by atoms with van der Waals surface area (Å²) in [5.74, 6) is -1.81. The molecule has 1 aliphatic heterocycles. The van der Waals surface area contributed by atoms with Gasteiger partial charge in [0.15, 0.2) is 0 Å². The second-order valence-electron chi connectivity index (χ2n) is 17.1. The number of carbonyl (C=O) groups is 5. The Labute approximate surface area is 325 Å². The topological polar surface area (TPSA) is 148 Å². The summed E-state index contributed by atoms with van der Waals surface area (Å²) in [4.78, 5) is 71.4. The first-order valence-electron chi connectivity index (χ1n) is 19.7. The lowest BCUT2D eigenvalue weighted by atomic mass is 9.95. The highest BCUT2D eigenvalue weighted by molar-refractivity contribution is 6.33. The maximum atomic E-state index is 14.5. The molecule has 54 heavy (non-hydrogen) atoms. The summed E-state index contributed by atoms with van der Waals surface area (Å²) in [5.41, 5.74) is -0.667. The molecule has 13 heteroatoms. The normalized spacial score (nSPS) is 19.9. The van der Waals surface area contributed by atoms with Crippen molar-refractivity contribution in [1.82, 2.24) is 25.4 Å². The van der Waals surface area contributed by atoms with Gasteiger partial charge in [-0.3, -0.25) is 9.59 Å². The Kier molecular flexibility index (Phi) is 14.5. The van der Waals surface area contributed by atoms with Crippen molar-refractivity contribution in [3.63, 3.8) is 0 Å². The zero-order chi connectivity index (χ0) is 40.0. The molecule has 1 aliphatic carbocycles. The van der Waals surface area contributed by atoms with Gasteiger partial charge in [-0.25, -0.2) is 19.0 Å². The number of nitrogens with zero attached hydrogens (tertiary/aromatic N) is 2. The number of fused-ring (bicyclic) bond motifs is 1. The Morgan fingerprint density at radius 1 is 0.815 bits per heavy atom. The van der Waals surface area contributed by atoms with Crippen molar-refractivity contribution in [2.75, 3.05) is 0 Å². The van der Waals surface area contributed by atoms with E-state index in [9.17, 15) is 24.0 Å². The van der Waals surface area contributed by atoms with Crippen molar-refractivity contribution in [3.8, 4) is 0 Å². The van der Waals surface area contributed by atoms with E-state index in [1.807, 2.05) is 25.7 Å². The standard InChI is InChI=1S/C41H62ClN5O7/c1-10-11-22-30(37(50)53-40(4,5)6)43-35(48)31(24-29-28-21-14-15-23-32(28)47(34(29)42)39(52)54-41(7,8)9)44-36(49)33(27-19-12-13-20-27)45-38(51)46-25(2)17-16-18-26(46)3/h14-15,21,23,25-27,30-31,33H,10-13,16-20,22,24H2,1-9H3,(H,43,48)(H,44,49)(H,45,51)/t25-,26+,30-,31-,33+/m1/s1. The monoisotopic (exact) mass is 771 g/mol. The van der Waals surface area contributed by atoms with Gasteiger partial charge in [0, 0.05) is 29.5 Å². The summed E-state index contributed by atoms with van der Waals surface area (Å²) in [6, 6.07) is 3.75. The van der Waals surface area contributed by atoms with Crippen LogP contribution >= 0.6 is 11.6 Å². The Balaban J connectivity index is 1.73. The third kappa shape index (κ3) is 11.1. The average molecular weight is 772 g/mol. The second-order valence-corrected chi connectivity index (χ2v) is 17.5. The van der Waals surface area contributed by atoms with Crippen LogP contribution in [-0.4, -0.2) is 80.8 Å². The van der Waals surface area contributed by atoms with Crippen LogP contribution in [0.15, 0.2) is 24.3 Å². The number of para-hydroxylation sites is 1. The number of unbranched alkanes of at least 4 members (excludes halogenated alkanes) is 1. The quantitative estimate of drug-likeness (QED) is 0.188. The lowest BCUT2D eigenvalue weighted by Crippen LogP contribution is -2.61. The van der Waals surface area contributed by atoms with E-state index >= 15 is 0 Å². The van der Waals surface area contributed by atoms with Crippen LogP contribution in [0.1, 0.15) is 132 Å². The number of ether oxygens (including phenoxy) is 2. The molecule has 2 aromatic rings. The van der Waals surface area contributed by atoms with Gasteiger partial charge in [-0.1, -0.05) is 62.4 Å². The fourth-order valence-electron chi connectivity index (χ4n) is 7.65. The van der Waals surface area contributed by atoms with Gasteiger partial charge in [0.1, 0.15) is 34.5 Å². The third-order valence-electron chi connectivity index (χ3n) is 10.2. The lowest BCUT2D eigenvalue weighted by Gasteiger charge is -2.40. The molecular formula is C41H62ClN5O7. The number of aromatic nitrogens is 1. The summed E-state index contributed by atoms with van der Waals surface area (Å²) < 4.78 is 12.6. The molecule has 2 fully saturated rings. The molecule has 1 saturated heterocycles. The van der Waals surface area contributed by atoms with Crippen LogP contribution < -0.4 is 16.0 Å². The number of urea groups is 1. The minimum Gasteiger partial charge on any atom is -0.458 e. The van der Waals surface area contributed by atoms with Crippen molar-refractivity contribution < 1.29 is 33.4 Å². The average Bonchev–Trinajstić information content (AvgIpc) is 3.69. The zero-order valence-corrected chi connectivity index (χ0v) is 34.4. The Morgan fingerprint density at radius 2 is 1.41 bits per heavy atom. The van der Waals surface area contributed by atoms with Crippen LogP contribution in [0.2, 0.25) is 5.15 Å². The van der Waals surface area contributed by atoms with Gasteiger partial charge in [0.05, 0.1) is 5.52 Å². The molecule has 1 saturated carbocycles. The summed E-state index contributed by atoms with van der Waals surface area (Å²) in [6.45, 7) is 16.6. The van der Waals surface area contributed by atoms with E-state index in [-0.39, 0.29) is 35.6 Å². The fourth-order valence-corrected chi connectivity index (χ4v) is 7.99. The number of esters is 1. The highest BCUT2D eigenvalue weighted by Crippen LogP contribution is 2.33. The molecule has 1 aromatic heterocycles. The molecule has 2 heterocycles. The van der Waals surface area contributed by atoms with Crippen LogP contribution in [0.25, 0.3) is 10.9 Å². The van der Waals surface area contributed by atoms with Crippen LogP contribution in [0.4, 0.5) is 9.59 Å². The Morgan fingerprint density at radius 3 is 2.00 bits per heavy atom. The van der Waals surface area contributed by atoms with E-state index in [4.69, 9.17) is 21.1 Å². The molecule has 0 radical (unpaired) electrons. The number of halogens is 1. The number of amides is 4. The molecule has 300 valence electrons. The maximum absolute atomic E-state index is 14.5. The summed E-state index contributed by atoms with van der Waals surface area (Å²) >= 11 is 6.99. The number of likely N-dealkylation sites (tertiary alicyclic amines) is 1. The molecule has 5 atom stereocenters. The molecule has 2 aliphatic rings. The number of hydrogen-bond acceptors (Lipinski definition) is 7. The predicted molar refractivity (Wildman–Crippen MR) is 210 cm³/mol. The number of piperidine rings is 1. The van der Waals surface area contributed by atoms with Crippen molar-refractivity contribution in [2.45, 2.75) is 174 Å². The summed E-state index contributed by atoms with van der Waals surface area (Å²) in [6.07, 6.45) is 7.14. The highest BCUT2D eigenvalue weighted by Gasteiger charge is 2.39. The Hall–Kier alpha value is -3.80. The molecule has 0 unspecified atom stereocenters. The first kappa shape index (κ1) is 42.9. The number of benzene rings is 1. The molecule has 1 aromatic carbocycles.